The normalized spacial score (nSPS) is 22.0. The van der Waals surface area contributed by atoms with E-state index in [-0.39, 0.29) is 17.8 Å². The van der Waals surface area contributed by atoms with E-state index in [1.54, 1.807) is 21.8 Å². The SMILES string of the molecule is O=C1N=C(N2CCN(C(=O)c3cccc(-n4cccn4)c3)CC2)N=C(C2CC2)C1F. The highest BCUT2D eigenvalue weighted by molar-refractivity contribution is 6.18. The zero-order valence-corrected chi connectivity index (χ0v) is 16.3. The van der Waals surface area contributed by atoms with Crippen LogP contribution in [-0.2, 0) is 4.79 Å². The molecule has 2 amide bonds. The van der Waals surface area contributed by atoms with E-state index in [0.717, 1.165) is 18.5 Å². The van der Waals surface area contributed by atoms with Crippen molar-refractivity contribution in [3.63, 3.8) is 0 Å². The number of aliphatic imine (C=N–C) groups is 2. The lowest BCUT2D eigenvalue weighted by atomic mass is 10.1. The van der Waals surface area contributed by atoms with Gasteiger partial charge in [0.1, 0.15) is 0 Å². The van der Waals surface area contributed by atoms with Gasteiger partial charge in [-0.1, -0.05) is 6.07 Å². The number of guanidine groups is 1. The summed E-state index contributed by atoms with van der Waals surface area (Å²) in [5, 5.41) is 4.20. The molecule has 9 heteroatoms. The van der Waals surface area contributed by atoms with E-state index in [4.69, 9.17) is 0 Å². The van der Waals surface area contributed by atoms with Crippen LogP contribution in [0.2, 0.25) is 0 Å². The van der Waals surface area contributed by atoms with Gasteiger partial charge >= 0.3 is 0 Å². The summed E-state index contributed by atoms with van der Waals surface area (Å²) in [6.07, 6.45) is 3.56. The maximum atomic E-state index is 14.1. The summed E-state index contributed by atoms with van der Waals surface area (Å²) >= 11 is 0. The predicted molar refractivity (Wildman–Crippen MR) is 109 cm³/mol. The van der Waals surface area contributed by atoms with Crippen molar-refractivity contribution in [2.75, 3.05) is 26.2 Å². The molecule has 154 valence electrons. The Labute approximate surface area is 172 Å². The van der Waals surface area contributed by atoms with Crippen LogP contribution < -0.4 is 0 Å². The minimum Gasteiger partial charge on any atom is -0.337 e. The van der Waals surface area contributed by atoms with Crippen LogP contribution >= 0.6 is 0 Å². The zero-order chi connectivity index (χ0) is 20.7. The van der Waals surface area contributed by atoms with Crippen molar-refractivity contribution >= 4 is 23.5 Å². The van der Waals surface area contributed by atoms with Gasteiger partial charge in [-0.25, -0.2) is 14.1 Å². The maximum Gasteiger partial charge on any atom is 0.289 e. The van der Waals surface area contributed by atoms with E-state index in [2.05, 4.69) is 15.1 Å². The van der Waals surface area contributed by atoms with Crippen molar-refractivity contribution in [3.8, 4) is 5.69 Å². The summed E-state index contributed by atoms with van der Waals surface area (Å²) < 4.78 is 15.8. The van der Waals surface area contributed by atoms with Crippen LogP contribution in [0.4, 0.5) is 4.39 Å². The number of carbonyl (C=O) groups excluding carboxylic acids is 2. The standard InChI is InChI=1S/C21H21FN6O2/c22-17-18(14-5-6-14)24-21(25-19(17)29)27-11-9-26(10-12-27)20(30)15-3-1-4-16(13-15)28-8-2-7-23-28/h1-4,7-8,13-14,17H,5-6,9-12H2. The van der Waals surface area contributed by atoms with Crippen LogP contribution in [0.15, 0.2) is 52.7 Å². The molecule has 1 saturated heterocycles. The number of alkyl halides is 1. The summed E-state index contributed by atoms with van der Waals surface area (Å²) in [7, 11) is 0. The first-order valence-corrected chi connectivity index (χ1v) is 10.1. The number of hydrogen-bond acceptors (Lipinski definition) is 5. The van der Waals surface area contributed by atoms with Crippen molar-refractivity contribution in [1.82, 2.24) is 19.6 Å². The first kappa shape index (κ1) is 18.7. The molecule has 3 heterocycles. The molecule has 1 saturated carbocycles. The number of piperazine rings is 1. The smallest absolute Gasteiger partial charge is 0.289 e. The molecule has 1 unspecified atom stereocenters. The predicted octanol–water partition coefficient (Wildman–Crippen LogP) is 1.72. The number of benzene rings is 1. The number of aromatic nitrogens is 2. The van der Waals surface area contributed by atoms with Crippen LogP contribution in [-0.4, -0.2) is 75.4 Å². The molecule has 1 aromatic heterocycles. The maximum absolute atomic E-state index is 14.1. The van der Waals surface area contributed by atoms with Crippen LogP contribution in [0.1, 0.15) is 23.2 Å². The van der Waals surface area contributed by atoms with Crippen LogP contribution in [0.5, 0.6) is 0 Å². The Morgan fingerprint density at radius 2 is 1.87 bits per heavy atom. The first-order chi connectivity index (χ1) is 14.6. The number of amides is 2. The highest BCUT2D eigenvalue weighted by atomic mass is 19.1. The lowest BCUT2D eigenvalue weighted by molar-refractivity contribution is -0.120. The monoisotopic (exact) mass is 408 g/mol. The van der Waals surface area contributed by atoms with Crippen molar-refractivity contribution in [1.29, 1.82) is 0 Å². The Kier molecular flexibility index (Phi) is 4.65. The molecule has 2 fully saturated rings. The second-order valence-electron chi connectivity index (χ2n) is 7.70. The molecule has 1 aliphatic carbocycles. The Morgan fingerprint density at radius 1 is 1.07 bits per heavy atom. The van der Waals surface area contributed by atoms with Crippen LogP contribution in [0.3, 0.4) is 0 Å². The van der Waals surface area contributed by atoms with Gasteiger partial charge in [0.05, 0.1) is 11.4 Å². The number of halogens is 1. The average Bonchev–Trinajstić information content (AvgIpc) is 3.48. The largest absolute Gasteiger partial charge is 0.337 e. The molecule has 1 aromatic carbocycles. The first-order valence-electron chi connectivity index (χ1n) is 10.1. The van der Waals surface area contributed by atoms with Gasteiger partial charge in [0.2, 0.25) is 12.1 Å². The molecule has 8 nitrogen and oxygen atoms in total. The van der Waals surface area contributed by atoms with Gasteiger partial charge in [-0.3, -0.25) is 9.59 Å². The highest BCUT2D eigenvalue weighted by Crippen LogP contribution is 2.34. The van der Waals surface area contributed by atoms with E-state index in [9.17, 15) is 14.0 Å². The zero-order valence-electron chi connectivity index (χ0n) is 16.3. The topological polar surface area (TPSA) is 83.2 Å². The minimum absolute atomic E-state index is 0.0590. The van der Waals surface area contributed by atoms with Crippen molar-refractivity contribution in [2.45, 2.75) is 19.0 Å². The number of rotatable bonds is 3. The molecule has 2 aliphatic heterocycles. The van der Waals surface area contributed by atoms with Gasteiger partial charge < -0.3 is 9.80 Å². The molecule has 30 heavy (non-hydrogen) atoms. The van der Waals surface area contributed by atoms with Gasteiger partial charge in [-0.15, -0.1) is 0 Å². The van der Waals surface area contributed by atoms with E-state index >= 15 is 0 Å². The average molecular weight is 408 g/mol. The molecule has 0 spiro atoms. The molecule has 2 aromatic rings. The Hall–Kier alpha value is -3.36. The van der Waals surface area contributed by atoms with E-state index in [1.165, 1.54) is 0 Å². The van der Waals surface area contributed by atoms with E-state index in [0.29, 0.717) is 37.5 Å². The lowest BCUT2D eigenvalue weighted by Crippen LogP contribution is -2.51. The number of carbonyl (C=O) groups is 2. The molecule has 5 rings (SSSR count). The highest BCUT2D eigenvalue weighted by Gasteiger charge is 2.40. The van der Waals surface area contributed by atoms with Gasteiger partial charge in [0, 0.05) is 50.1 Å². The minimum atomic E-state index is -1.70. The van der Waals surface area contributed by atoms with Gasteiger partial charge in [-0.05, 0) is 37.1 Å². The van der Waals surface area contributed by atoms with Crippen molar-refractivity contribution in [2.24, 2.45) is 15.9 Å². The third-order valence-electron chi connectivity index (χ3n) is 5.62. The molecular formula is C21H21FN6O2. The summed E-state index contributed by atoms with van der Waals surface area (Å²) in [4.78, 5) is 36.7. The Bertz CT molecular complexity index is 1040. The Balaban J connectivity index is 1.26. The van der Waals surface area contributed by atoms with E-state index in [1.807, 2.05) is 35.4 Å². The van der Waals surface area contributed by atoms with Crippen molar-refractivity contribution < 1.29 is 14.0 Å². The molecular weight excluding hydrogens is 387 g/mol. The summed E-state index contributed by atoms with van der Waals surface area (Å²) in [5.41, 5.74) is 1.73. The second-order valence-corrected chi connectivity index (χ2v) is 7.70. The second kappa shape index (κ2) is 7.47. The molecule has 3 aliphatic rings. The third kappa shape index (κ3) is 3.51. The fourth-order valence-electron chi connectivity index (χ4n) is 3.79. The van der Waals surface area contributed by atoms with Gasteiger partial charge in [0.25, 0.3) is 11.8 Å². The van der Waals surface area contributed by atoms with Gasteiger partial charge in [0.15, 0.2) is 0 Å². The quantitative estimate of drug-likeness (QED) is 0.774. The van der Waals surface area contributed by atoms with E-state index < -0.39 is 12.1 Å². The summed E-state index contributed by atoms with van der Waals surface area (Å²) in [6.45, 7) is 1.95. The fraction of sp³-hybridized carbons (Fsp3) is 0.381. The summed E-state index contributed by atoms with van der Waals surface area (Å²) in [6, 6.07) is 9.17. The molecule has 1 atom stereocenters. The van der Waals surface area contributed by atoms with Crippen LogP contribution in [0, 0.1) is 5.92 Å². The molecule has 0 N–H and O–H groups in total. The number of nitrogens with zero attached hydrogens (tertiary/aromatic N) is 6. The van der Waals surface area contributed by atoms with Crippen molar-refractivity contribution in [3.05, 3.63) is 48.3 Å². The third-order valence-corrected chi connectivity index (χ3v) is 5.62. The fourth-order valence-corrected chi connectivity index (χ4v) is 3.79. The number of hydrogen-bond donors (Lipinski definition) is 0. The van der Waals surface area contributed by atoms with Gasteiger partial charge in [-0.2, -0.15) is 10.1 Å². The molecule has 0 radical (unpaired) electrons. The Morgan fingerprint density at radius 3 is 2.57 bits per heavy atom. The summed E-state index contributed by atoms with van der Waals surface area (Å²) in [5.74, 6) is -0.477. The molecule has 0 bridgehead atoms. The lowest BCUT2D eigenvalue weighted by Gasteiger charge is -2.36. The van der Waals surface area contributed by atoms with Crippen LogP contribution in [0.25, 0.3) is 5.69 Å².